The van der Waals surface area contributed by atoms with Gasteiger partial charge in [-0.1, -0.05) is 24.6 Å². The van der Waals surface area contributed by atoms with Crippen molar-refractivity contribution in [2.45, 2.75) is 11.8 Å². The highest BCUT2D eigenvalue weighted by atomic mass is 35.5. The number of hydrogen-bond donors (Lipinski definition) is 3. The van der Waals surface area contributed by atoms with E-state index in [9.17, 15) is 0 Å². The summed E-state index contributed by atoms with van der Waals surface area (Å²) in [6, 6.07) is 5.44. The fourth-order valence-corrected chi connectivity index (χ4v) is 2.61. The van der Waals surface area contributed by atoms with Crippen molar-refractivity contribution in [3.05, 3.63) is 28.8 Å². The monoisotopic (exact) mass is 258 g/mol. The first kappa shape index (κ1) is 13.4. The third-order valence-corrected chi connectivity index (χ3v) is 3.78. The topological polar surface area (TPSA) is 70.1 Å². The summed E-state index contributed by atoms with van der Waals surface area (Å²) in [5.41, 5.74) is 6.07. The van der Waals surface area contributed by atoms with Crippen LogP contribution in [-0.4, -0.2) is 23.3 Å². The van der Waals surface area contributed by atoms with Crippen molar-refractivity contribution in [3.63, 3.8) is 0 Å². The molecule has 5 heteroatoms. The third-order valence-electron chi connectivity index (χ3n) is 2.08. The van der Waals surface area contributed by atoms with Crippen LogP contribution >= 0.6 is 23.4 Å². The largest absolute Gasteiger partial charge is 0.396 e. The van der Waals surface area contributed by atoms with Gasteiger partial charge in [0.25, 0.3) is 0 Å². The van der Waals surface area contributed by atoms with Crippen LogP contribution in [-0.2, 0) is 0 Å². The molecule has 0 saturated heterocycles. The van der Waals surface area contributed by atoms with Crippen LogP contribution in [0, 0.1) is 11.3 Å². The number of thioether (sulfide) groups is 1. The molecule has 1 atom stereocenters. The van der Waals surface area contributed by atoms with Crippen molar-refractivity contribution in [2.24, 2.45) is 11.7 Å². The number of halogens is 1. The van der Waals surface area contributed by atoms with Crippen LogP contribution in [0.15, 0.2) is 23.1 Å². The Morgan fingerprint density at radius 2 is 2.31 bits per heavy atom. The van der Waals surface area contributed by atoms with E-state index in [-0.39, 0.29) is 18.4 Å². The van der Waals surface area contributed by atoms with Crippen LogP contribution in [0.3, 0.4) is 0 Å². The predicted octanol–water partition coefficient (Wildman–Crippen LogP) is 2.34. The molecule has 4 N–H and O–H groups in total. The van der Waals surface area contributed by atoms with Crippen LogP contribution in [0.2, 0.25) is 5.02 Å². The number of amidine groups is 1. The van der Waals surface area contributed by atoms with Crippen LogP contribution in [0.1, 0.15) is 12.5 Å². The second-order valence-electron chi connectivity index (χ2n) is 3.63. The highest BCUT2D eigenvalue weighted by Gasteiger charge is 2.11. The molecule has 0 heterocycles. The van der Waals surface area contributed by atoms with Gasteiger partial charge in [0.2, 0.25) is 0 Å². The lowest BCUT2D eigenvalue weighted by Gasteiger charge is -2.11. The Bertz CT molecular complexity index is 384. The molecule has 1 aromatic carbocycles. The first-order chi connectivity index (χ1) is 7.56. The molecule has 0 radical (unpaired) electrons. The Labute approximate surface area is 105 Å². The number of benzene rings is 1. The highest BCUT2D eigenvalue weighted by molar-refractivity contribution is 7.99. The van der Waals surface area contributed by atoms with E-state index in [1.54, 1.807) is 17.8 Å². The molecule has 0 bridgehead atoms. The molecule has 0 spiro atoms. The molecular weight excluding hydrogens is 244 g/mol. The predicted molar refractivity (Wildman–Crippen MR) is 69.4 cm³/mol. The molecule has 88 valence electrons. The maximum Gasteiger partial charge on any atom is 0.125 e. The minimum Gasteiger partial charge on any atom is -0.396 e. The van der Waals surface area contributed by atoms with E-state index >= 15 is 0 Å². The molecule has 0 aliphatic rings. The van der Waals surface area contributed by atoms with Crippen LogP contribution < -0.4 is 5.73 Å². The van der Waals surface area contributed by atoms with Gasteiger partial charge in [-0.15, -0.1) is 11.8 Å². The molecule has 1 unspecified atom stereocenters. The van der Waals surface area contributed by atoms with Crippen LogP contribution in [0.4, 0.5) is 0 Å². The van der Waals surface area contributed by atoms with Gasteiger partial charge >= 0.3 is 0 Å². The van der Waals surface area contributed by atoms with E-state index < -0.39 is 0 Å². The van der Waals surface area contributed by atoms with Gasteiger partial charge < -0.3 is 10.8 Å². The van der Waals surface area contributed by atoms with Crippen molar-refractivity contribution in [3.8, 4) is 0 Å². The summed E-state index contributed by atoms with van der Waals surface area (Å²) in [5.74, 6) is 0.963. The highest BCUT2D eigenvalue weighted by Crippen LogP contribution is 2.29. The Hall–Kier alpha value is -0.710. The van der Waals surface area contributed by atoms with Crippen molar-refractivity contribution in [1.29, 1.82) is 5.41 Å². The van der Waals surface area contributed by atoms with Gasteiger partial charge in [-0.2, -0.15) is 0 Å². The van der Waals surface area contributed by atoms with E-state index in [4.69, 9.17) is 27.9 Å². The number of nitrogens with one attached hydrogen (secondary N) is 1. The van der Waals surface area contributed by atoms with Gasteiger partial charge in [-0.3, -0.25) is 5.41 Å². The number of nitrogens with two attached hydrogens (primary N) is 1. The van der Waals surface area contributed by atoms with Gasteiger partial charge in [0.05, 0.1) is 5.02 Å². The van der Waals surface area contributed by atoms with Gasteiger partial charge in [-0.05, 0) is 18.1 Å². The van der Waals surface area contributed by atoms with E-state index in [1.807, 2.05) is 19.1 Å². The number of aliphatic hydroxyl groups excluding tert-OH is 1. The van der Waals surface area contributed by atoms with Crippen LogP contribution in [0.5, 0.6) is 0 Å². The van der Waals surface area contributed by atoms with Crippen molar-refractivity contribution in [1.82, 2.24) is 0 Å². The van der Waals surface area contributed by atoms with Crippen LogP contribution in [0.25, 0.3) is 0 Å². The lowest BCUT2D eigenvalue weighted by molar-refractivity contribution is 0.250. The first-order valence-corrected chi connectivity index (χ1v) is 6.29. The van der Waals surface area contributed by atoms with Gasteiger partial charge in [0.1, 0.15) is 5.84 Å². The number of nitrogen functional groups attached to an aromatic ring is 1. The van der Waals surface area contributed by atoms with Crippen molar-refractivity contribution in [2.75, 3.05) is 12.4 Å². The average Bonchev–Trinajstić information content (AvgIpc) is 2.25. The summed E-state index contributed by atoms with van der Waals surface area (Å²) < 4.78 is 0. The van der Waals surface area contributed by atoms with Crippen molar-refractivity contribution < 1.29 is 5.11 Å². The van der Waals surface area contributed by atoms with Crippen molar-refractivity contribution >= 4 is 29.2 Å². The normalized spacial score (nSPS) is 12.4. The summed E-state index contributed by atoms with van der Waals surface area (Å²) in [6.45, 7) is 2.12. The average molecular weight is 259 g/mol. The summed E-state index contributed by atoms with van der Waals surface area (Å²) >= 11 is 7.55. The Kier molecular flexibility index (Phi) is 5.12. The second kappa shape index (κ2) is 6.13. The molecule has 0 saturated carbocycles. The number of aliphatic hydroxyl groups is 1. The summed E-state index contributed by atoms with van der Waals surface area (Å²) in [7, 11) is 0. The lowest BCUT2D eigenvalue weighted by atomic mass is 10.2. The molecule has 16 heavy (non-hydrogen) atoms. The molecular formula is C11H15ClN2OS. The van der Waals surface area contributed by atoms with Gasteiger partial charge in [0, 0.05) is 22.8 Å². The minimum atomic E-state index is -0.0234. The third kappa shape index (κ3) is 3.40. The molecule has 1 aromatic rings. The van der Waals surface area contributed by atoms with Gasteiger partial charge in [0.15, 0.2) is 0 Å². The maximum absolute atomic E-state index is 8.94. The fraction of sp³-hybridized carbons (Fsp3) is 0.364. The molecule has 0 aliphatic carbocycles. The Morgan fingerprint density at radius 1 is 1.62 bits per heavy atom. The lowest BCUT2D eigenvalue weighted by Crippen LogP contribution is -2.13. The smallest absolute Gasteiger partial charge is 0.125 e. The van der Waals surface area contributed by atoms with Gasteiger partial charge in [-0.25, -0.2) is 0 Å². The number of rotatable bonds is 5. The molecule has 0 amide bonds. The Balaban J connectivity index is 2.87. The minimum absolute atomic E-state index is 0.0234. The van der Waals surface area contributed by atoms with E-state index in [0.29, 0.717) is 10.6 Å². The quantitative estimate of drug-likeness (QED) is 0.431. The summed E-state index contributed by atoms with van der Waals surface area (Å²) in [6.07, 6.45) is 0. The first-order valence-electron chi connectivity index (χ1n) is 4.92. The molecule has 0 aromatic heterocycles. The van der Waals surface area contributed by atoms with E-state index in [1.165, 1.54) is 0 Å². The molecule has 3 nitrogen and oxygen atoms in total. The SMILES string of the molecule is CC(CO)CSc1cccc(Cl)c1C(=N)N. The van der Waals surface area contributed by atoms with E-state index in [0.717, 1.165) is 10.6 Å². The molecule has 1 rings (SSSR count). The van der Waals surface area contributed by atoms with E-state index in [2.05, 4.69) is 0 Å². The second-order valence-corrected chi connectivity index (χ2v) is 5.09. The Morgan fingerprint density at radius 3 is 2.88 bits per heavy atom. The zero-order valence-corrected chi connectivity index (χ0v) is 10.6. The fourth-order valence-electron chi connectivity index (χ4n) is 1.17. The standard InChI is InChI=1S/C11H15ClN2OS/c1-7(5-15)6-16-9-4-2-3-8(12)10(9)11(13)14/h2-4,7,15H,5-6H2,1H3,(H3,13,14). The maximum atomic E-state index is 8.94. The number of hydrogen-bond acceptors (Lipinski definition) is 3. The summed E-state index contributed by atoms with van der Waals surface area (Å²) in [5, 5.41) is 16.9. The zero-order chi connectivity index (χ0) is 12.1. The summed E-state index contributed by atoms with van der Waals surface area (Å²) in [4.78, 5) is 0.889. The molecule has 0 fully saturated rings. The molecule has 0 aliphatic heterocycles. The zero-order valence-electron chi connectivity index (χ0n) is 9.03.